The van der Waals surface area contributed by atoms with Crippen LogP contribution in [0.5, 0.6) is 0 Å². The van der Waals surface area contributed by atoms with Crippen LogP contribution in [0.2, 0.25) is 0 Å². The lowest BCUT2D eigenvalue weighted by Crippen LogP contribution is -2.56. The van der Waals surface area contributed by atoms with E-state index in [-0.39, 0.29) is 36.7 Å². The fraction of sp³-hybridized carbons (Fsp3) is 0.857. The van der Waals surface area contributed by atoms with E-state index in [9.17, 15) is 9.59 Å². The number of morpholine rings is 1. The number of aliphatic hydroxyl groups excluding tert-OH is 1. The first-order valence-corrected chi connectivity index (χ1v) is 7.53. The first kappa shape index (κ1) is 16.0. The lowest BCUT2D eigenvalue weighted by molar-refractivity contribution is -0.142. The lowest BCUT2D eigenvalue weighted by atomic mass is 9.86. The van der Waals surface area contributed by atoms with E-state index in [1.54, 1.807) is 4.90 Å². The van der Waals surface area contributed by atoms with Gasteiger partial charge in [0.15, 0.2) is 0 Å². The largest absolute Gasteiger partial charge is 0.481 e. The number of aliphatic carboxylic acids is 1. The number of ether oxygens (including phenoxy) is 1. The van der Waals surface area contributed by atoms with Crippen molar-refractivity contribution >= 4 is 12.0 Å². The number of urea groups is 1. The SMILES string of the molecule is CC1COC(CO)CN1C(=O)NC1CCC(C(=O)O)CC1. The monoisotopic (exact) mass is 300 g/mol. The number of nitrogens with one attached hydrogen (secondary N) is 1. The van der Waals surface area contributed by atoms with Crippen molar-refractivity contribution in [2.24, 2.45) is 5.92 Å². The van der Waals surface area contributed by atoms with Gasteiger partial charge in [-0.15, -0.1) is 0 Å². The second-order valence-electron chi connectivity index (χ2n) is 5.98. The quantitative estimate of drug-likeness (QED) is 0.701. The molecule has 0 aromatic carbocycles. The van der Waals surface area contributed by atoms with Gasteiger partial charge >= 0.3 is 12.0 Å². The molecule has 120 valence electrons. The number of amides is 2. The van der Waals surface area contributed by atoms with Gasteiger partial charge in [-0.1, -0.05) is 0 Å². The number of hydrogen-bond donors (Lipinski definition) is 3. The fourth-order valence-corrected chi connectivity index (χ4v) is 2.95. The molecule has 0 radical (unpaired) electrons. The van der Waals surface area contributed by atoms with Gasteiger partial charge in [0.2, 0.25) is 0 Å². The van der Waals surface area contributed by atoms with Crippen molar-refractivity contribution in [3.63, 3.8) is 0 Å². The van der Waals surface area contributed by atoms with Crippen LogP contribution in [-0.2, 0) is 9.53 Å². The maximum absolute atomic E-state index is 12.3. The van der Waals surface area contributed by atoms with Crippen molar-refractivity contribution in [3.05, 3.63) is 0 Å². The molecule has 1 aliphatic carbocycles. The Kier molecular flexibility index (Phi) is 5.41. The zero-order valence-corrected chi connectivity index (χ0v) is 12.3. The molecule has 0 aromatic rings. The first-order valence-electron chi connectivity index (χ1n) is 7.53. The van der Waals surface area contributed by atoms with Gasteiger partial charge in [-0.05, 0) is 32.6 Å². The topological polar surface area (TPSA) is 99.1 Å². The van der Waals surface area contributed by atoms with E-state index in [1.165, 1.54) is 0 Å². The van der Waals surface area contributed by atoms with Crippen molar-refractivity contribution in [1.29, 1.82) is 0 Å². The zero-order chi connectivity index (χ0) is 15.4. The van der Waals surface area contributed by atoms with E-state index in [0.29, 0.717) is 38.8 Å². The highest BCUT2D eigenvalue weighted by molar-refractivity contribution is 5.75. The molecule has 2 aliphatic rings. The summed E-state index contributed by atoms with van der Waals surface area (Å²) in [5.74, 6) is -1.02. The maximum atomic E-state index is 12.3. The highest BCUT2D eigenvalue weighted by atomic mass is 16.5. The van der Waals surface area contributed by atoms with Gasteiger partial charge in [0, 0.05) is 6.04 Å². The third-order valence-corrected chi connectivity index (χ3v) is 4.37. The molecule has 2 rings (SSSR count). The second-order valence-corrected chi connectivity index (χ2v) is 5.98. The number of carboxylic acid groups (broad SMARTS) is 1. The van der Waals surface area contributed by atoms with Gasteiger partial charge in [0.25, 0.3) is 0 Å². The minimum absolute atomic E-state index is 0.0249. The minimum Gasteiger partial charge on any atom is -0.481 e. The van der Waals surface area contributed by atoms with Crippen LogP contribution in [0.3, 0.4) is 0 Å². The molecule has 3 N–H and O–H groups in total. The number of aliphatic hydroxyl groups is 1. The summed E-state index contributed by atoms with van der Waals surface area (Å²) < 4.78 is 5.41. The molecule has 2 amide bonds. The summed E-state index contributed by atoms with van der Waals surface area (Å²) >= 11 is 0. The van der Waals surface area contributed by atoms with Crippen LogP contribution in [0, 0.1) is 5.92 Å². The number of rotatable bonds is 3. The Hall–Kier alpha value is -1.34. The molecule has 1 saturated heterocycles. The molecule has 0 aromatic heterocycles. The summed E-state index contributed by atoms with van der Waals surface area (Å²) in [4.78, 5) is 24.9. The Balaban J connectivity index is 1.82. The van der Waals surface area contributed by atoms with Gasteiger partial charge in [0.1, 0.15) is 0 Å². The number of carbonyl (C=O) groups excluding carboxylic acids is 1. The molecule has 21 heavy (non-hydrogen) atoms. The Morgan fingerprint density at radius 2 is 1.95 bits per heavy atom. The highest BCUT2D eigenvalue weighted by Crippen LogP contribution is 2.24. The van der Waals surface area contributed by atoms with Crippen molar-refractivity contribution < 1.29 is 24.5 Å². The van der Waals surface area contributed by atoms with Gasteiger partial charge in [-0.25, -0.2) is 4.79 Å². The molecular formula is C14H24N2O5. The van der Waals surface area contributed by atoms with Crippen LogP contribution in [-0.4, -0.2) is 65.1 Å². The summed E-state index contributed by atoms with van der Waals surface area (Å²) in [6, 6.07) is -0.137. The molecule has 2 unspecified atom stereocenters. The number of carboxylic acids is 1. The normalized spacial score (nSPS) is 33.5. The van der Waals surface area contributed by atoms with Crippen LogP contribution in [0.4, 0.5) is 4.79 Å². The molecule has 7 heteroatoms. The average Bonchev–Trinajstić information content (AvgIpc) is 2.48. The summed E-state index contributed by atoms with van der Waals surface area (Å²) in [6.45, 7) is 2.62. The van der Waals surface area contributed by atoms with E-state index >= 15 is 0 Å². The van der Waals surface area contributed by atoms with Crippen LogP contribution < -0.4 is 5.32 Å². The van der Waals surface area contributed by atoms with Crippen molar-refractivity contribution in [1.82, 2.24) is 10.2 Å². The fourth-order valence-electron chi connectivity index (χ4n) is 2.95. The van der Waals surface area contributed by atoms with Gasteiger partial charge in [-0.3, -0.25) is 4.79 Å². The third kappa shape index (κ3) is 4.07. The van der Waals surface area contributed by atoms with E-state index in [0.717, 1.165) is 0 Å². The summed E-state index contributed by atoms with van der Waals surface area (Å²) in [5, 5.41) is 21.1. The van der Waals surface area contributed by atoms with Crippen LogP contribution >= 0.6 is 0 Å². The van der Waals surface area contributed by atoms with Gasteiger partial charge in [0.05, 0.1) is 37.8 Å². The van der Waals surface area contributed by atoms with Crippen molar-refractivity contribution in [2.75, 3.05) is 19.8 Å². The van der Waals surface area contributed by atoms with Crippen molar-refractivity contribution in [3.8, 4) is 0 Å². The molecular weight excluding hydrogens is 276 g/mol. The Morgan fingerprint density at radius 3 is 2.52 bits per heavy atom. The molecule has 2 atom stereocenters. The van der Waals surface area contributed by atoms with E-state index in [4.69, 9.17) is 14.9 Å². The highest BCUT2D eigenvalue weighted by Gasteiger charge is 2.32. The smallest absolute Gasteiger partial charge is 0.318 e. The average molecular weight is 300 g/mol. The van der Waals surface area contributed by atoms with Crippen LogP contribution in [0.25, 0.3) is 0 Å². The number of nitrogens with zero attached hydrogens (tertiary/aromatic N) is 1. The van der Waals surface area contributed by atoms with Crippen LogP contribution in [0.1, 0.15) is 32.6 Å². The standard InChI is InChI=1S/C14H24N2O5/c1-9-8-21-12(7-17)6-16(9)14(20)15-11-4-2-10(3-5-11)13(18)19/h9-12,17H,2-8H2,1H3,(H,15,20)(H,18,19). The maximum Gasteiger partial charge on any atom is 0.318 e. The van der Waals surface area contributed by atoms with Crippen molar-refractivity contribution in [2.45, 2.75) is 50.8 Å². The number of hydrogen-bond acceptors (Lipinski definition) is 4. The predicted molar refractivity (Wildman–Crippen MR) is 74.9 cm³/mol. The third-order valence-electron chi connectivity index (χ3n) is 4.37. The number of carbonyl (C=O) groups is 2. The lowest BCUT2D eigenvalue weighted by Gasteiger charge is -2.38. The Morgan fingerprint density at radius 1 is 1.29 bits per heavy atom. The molecule has 7 nitrogen and oxygen atoms in total. The molecule has 1 aliphatic heterocycles. The first-order chi connectivity index (χ1) is 10.0. The Bertz CT molecular complexity index is 382. The van der Waals surface area contributed by atoms with Gasteiger partial charge < -0.3 is 25.2 Å². The summed E-state index contributed by atoms with van der Waals surface area (Å²) in [7, 11) is 0. The summed E-state index contributed by atoms with van der Waals surface area (Å²) in [6.07, 6.45) is 2.29. The van der Waals surface area contributed by atoms with E-state index in [1.807, 2.05) is 6.92 Å². The molecule has 1 saturated carbocycles. The Labute approximate surface area is 124 Å². The van der Waals surface area contributed by atoms with Crippen LogP contribution in [0.15, 0.2) is 0 Å². The zero-order valence-electron chi connectivity index (χ0n) is 12.3. The summed E-state index contributed by atoms with van der Waals surface area (Å²) in [5.41, 5.74) is 0. The van der Waals surface area contributed by atoms with E-state index in [2.05, 4.69) is 5.32 Å². The molecule has 2 fully saturated rings. The molecule has 0 spiro atoms. The molecule has 0 bridgehead atoms. The minimum atomic E-state index is -0.743. The predicted octanol–water partition coefficient (Wildman–Crippen LogP) is 0.421. The van der Waals surface area contributed by atoms with E-state index < -0.39 is 5.97 Å². The second kappa shape index (κ2) is 7.09. The van der Waals surface area contributed by atoms with Gasteiger partial charge in [-0.2, -0.15) is 0 Å². The molecule has 1 heterocycles.